The third-order valence-corrected chi connectivity index (χ3v) is 3.20. The van der Waals surface area contributed by atoms with E-state index in [4.69, 9.17) is 21.1 Å². The molecule has 2 rings (SSSR count). The maximum absolute atomic E-state index is 5.84. The van der Waals surface area contributed by atoms with Crippen molar-refractivity contribution >= 4 is 11.6 Å². The highest BCUT2D eigenvalue weighted by Gasteiger charge is 2.39. The topological polar surface area (TPSA) is 18.5 Å². The zero-order valence-electron chi connectivity index (χ0n) is 8.83. The summed E-state index contributed by atoms with van der Waals surface area (Å²) in [5.41, 5.74) is 1.39. The maximum atomic E-state index is 5.84. The molecule has 0 aliphatic carbocycles. The molecule has 82 valence electrons. The first-order valence-electron chi connectivity index (χ1n) is 5.09. The lowest BCUT2D eigenvalue weighted by atomic mass is 9.76. The van der Waals surface area contributed by atoms with Gasteiger partial charge in [0.15, 0.2) is 0 Å². The van der Waals surface area contributed by atoms with E-state index in [0.717, 1.165) is 25.4 Å². The normalized spacial score (nSPS) is 18.3. The number of hydrogen-bond donors (Lipinski definition) is 0. The highest BCUT2D eigenvalue weighted by molar-refractivity contribution is 6.17. The third kappa shape index (κ3) is 1.97. The molecule has 1 aromatic carbocycles. The minimum atomic E-state index is 0.121. The van der Waals surface area contributed by atoms with Crippen LogP contribution in [0.15, 0.2) is 24.3 Å². The molecule has 15 heavy (non-hydrogen) atoms. The number of ether oxygens (including phenoxy) is 2. The molecule has 1 aliphatic rings. The van der Waals surface area contributed by atoms with E-state index in [2.05, 4.69) is 12.1 Å². The van der Waals surface area contributed by atoms with Crippen molar-refractivity contribution in [3.05, 3.63) is 29.8 Å². The number of halogens is 1. The van der Waals surface area contributed by atoms with Gasteiger partial charge in [-0.15, -0.1) is 11.6 Å². The summed E-state index contributed by atoms with van der Waals surface area (Å²) in [6, 6.07) is 8.17. The maximum Gasteiger partial charge on any atom is 0.119 e. The average molecular weight is 227 g/mol. The Labute approximate surface area is 95.1 Å². The first-order valence-corrected chi connectivity index (χ1v) is 5.62. The molecule has 0 saturated carbocycles. The molecule has 0 unspecified atom stereocenters. The fourth-order valence-corrected chi connectivity index (χ4v) is 2.30. The number of benzene rings is 1. The summed E-state index contributed by atoms with van der Waals surface area (Å²) in [5.74, 6) is 1.56. The molecule has 0 N–H and O–H groups in total. The molecule has 1 aliphatic heterocycles. The van der Waals surface area contributed by atoms with Crippen LogP contribution in [0.3, 0.4) is 0 Å². The Bertz CT molecular complexity index is 334. The van der Waals surface area contributed by atoms with E-state index < -0.39 is 0 Å². The monoisotopic (exact) mass is 226 g/mol. The summed E-state index contributed by atoms with van der Waals surface area (Å²) in [5, 5.41) is 0. The van der Waals surface area contributed by atoms with Gasteiger partial charge < -0.3 is 9.47 Å². The minimum absolute atomic E-state index is 0.121. The highest BCUT2D eigenvalue weighted by Crippen LogP contribution is 2.37. The van der Waals surface area contributed by atoms with Gasteiger partial charge in [0.05, 0.1) is 20.3 Å². The summed E-state index contributed by atoms with van der Waals surface area (Å²) >= 11 is 5.84. The van der Waals surface area contributed by atoms with Crippen LogP contribution in [0.4, 0.5) is 0 Å². The summed E-state index contributed by atoms with van der Waals surface area (Å²) in [4.78, 5) is 0. The second-order valence-corrected chi connectivity index (χ2v) is 4.32. The Morgan fingerprint density at radius 1 is 1.47 bits per heavy atom. The largest absolute Gasteiger partial charge is 0.497 e. The van der Waals surface area contributed by atoms with E-state index in [1.807, 2.05) is 12.1 Å². The van der Waals surface area contributed by atoms with Crippen molar-refractivity contribution in [1.29, 1.82) is 0 Å². The first-order chi connectivity index (χ1) is 7.30. The summed E-state index contributed by atoms with van der Waals surface area (Å²) < 4.78 is 10.5. The number of rotatable bonds is 4. The molecule has 0 aromatic heterocycles. The first kappa shape index (κ1) is 10.8. The standard InChI is InChI=1S/C12H15ClO2/c1-14-11-4-2-3-10(7-11)12(5-6-13)8-15-9-12/h2-4,7H,5-6,8-9H2,1H3. The van der Waals surface area contributed by atoms with Gasteiger partial charge >= 0.3 is 0 Å². The molecule has 1 saturated heterocycles. The second kappa shape index (κ2) is 4.42. The van der Waals surface area contributed by atoms with Crippen LogP contribution in [0.2, 0.25) is 0 Å². The molecular weight excluding hydrogens is 212 g/mol. The summed E-state index contributed by atoms with van der Waals surface area (Å²) in [7, 11) is 1.69. The van der Waals surface area contributed by atoms with E-state index in [0.29, 0.717) is 5.88 Å². The van der Waals surface area contributed by atoms with Crippen LogP contribution in [0.5, 0.6) is 5.75 Å². The molecule has 0 spiro atoms. The number of hydrogen-bond acceptors (Lipinski definition) is 2. The van der Waals surface area contributed by atoms with Crippen LogP contribution in [-0.4, -0.2) is 26.2 Å². The van der Waals surface area contributed by atoms with Crippen molar-refractivity contribution in [2.45, 2.75) is 11.8 Å². The average Bonchev–Trinajstić information content (AvgIpc) is 2.23. The Morgan fingerprint density at radius 3 is 2.80 bits per heavy atom. The predicted molar refractivity (Wildman–Crippen MR) is 60.8 cm³/mol. The van der Waals surface area contributed by atoms with Crippen molar-refractivity contribution in [3.63, 3.8) is 0 Å². The predicted octanol–water partition coefficient (Wildman–Crippen LogP) is 2.59. The molecule has 0 radical (unpaired) electrons. The van der Waals surface area contributed by atoms with Crippen LogP contribution >= 0.6 is 11.6 Å². The zero-order valence-corrected chi connectivity index (χ0v) is 9.59. The quantitative estimate of drug-likeness (QED) is 0.735. The van der Waals surface area contributed by atoms with Gasteiger partial charge in [0, 0.05) is 11.3 Å². The molecule has 0 bridgehead atoms. The molecule has 3 heteroatoms. The molecule has 2 nitrogen and oxygen atoms in total. The fraction of sp³-hybridized carbons (Fsp3) is 0.500. The van der Waals surface area contributed by atoms with E-state index in [-0.39, 0.29) is 5.41 Å². The summed E-state index contributed by atoms with van der Waals surface area (Å²) in [6.45, 7) is 1.54. The molecule has 1 heterocycles. The Morgan fingerprint density at radius 2 is 2.27 bits per heavy atom. The van der Waals surface area contributed by atoms with Crippen LogP contribution in [0, 0.1) is 0 Å². The highest BCUT2D eigenvalue weighted by atomic mass is 35.5. The van der Waals surface area contributed by atoms with Crippen LogP contribution in [0.25, 0.3) is 0 Å². The lowest BCUT2D eigenvalue weighted by Gasteiger charge is -2.41. The SMILES string of the molecule is COc1cccc(C2(CCCl)COC2)c1. The van der Waals surface area contributed by atoms with Crippen LogP contribution in [0.1, 0.15) is 12.0 Å². The van der Waals surface area contributed by atoms with E-state index in [9.17, 15) is 0 Å². The van der Waals surface area contributed by atoms with Crippen LogP contribution in [-0.2, 0) is 10.2 Å². The van der Waals surface area contributed by atoms with Crippen molar-refractivity contribution in [3.8, 4) is 5.75 Å². The second-order valence-electron chi connectivity index (χ2n) is 3.94. The summed E-state index contributed by atoms with van der Waals surface area (Å²) in [6.07, 6.45) is 0.960. The van der Waals surface area contributed by atoms with Gasteiger partial charge in [-0.3, -0.25) is 0 Å². The van der Waals surface area contributed by atoms with Gasteiger partial charge in [-0.1, -0.05) is 12.1 Å². The minimum Gasteiger partial charge on any atom is -0.497 e. The van der Waals surface area contributed by atoms with E-state index in [1.54, 1.807) is 7.11 Å². The van der Waals surface area contributed by atoms with Gasteiger partial charge in [-0.05, 0) is 24.1 Å². The molecular formula is C12H15ClO2. The van der Waals surface area contributed by atoms with Gasteiger partial charge in [-0.2, -0.15) is 0 Å². The lowest BCUT2D eigenvalue weighted by Crippen LogP contribution is -2.47. The van der Waals surface area contributed by atoms with Gasteiger partial charge in [-0.25, -0.2) is 0 Å². The third-order valence-electron chi connectivity index (χ3n) is 3.01. The van der Waals surface area contributed by atoms with Crippen molar-refractivity contribution in [2.75, 3.05) is 26.2 Å². The van der Waals surface area contributed by atoms with Gasteiger partial charge in [0.25, 0.3) is 0 Å². The molecule has 1 fully saturated rings. The lowest BCUT2D eigenvalue weighted by molar-refractivity contribution is -0.0616. The smallest absolute Gasteiger partial charge is 0.119 e. The number of methoxy groups -OCH3 is 1. The number of alkyl halides is 1. The molecule has 0 atom stereocenters. The Hall–Kier alpha value is -0.730. The van der Waals surface area contributed by atoms with Gasteiger partial charge in [0.2, 0.25) is 0 Å². The van der Waals surface area contributed by atoms with Crippen molar-refractivity contribution in [2.24, 2.45) is 0 Å². The molecule has 1 aromatic rings. The van der Waals surface area contributed by atoms with Crippen molar-refractivity contribution < 1.29 is 9.47 Å². The van der Waals surface area contributed by atoms with E-state index >= 15 is 0 Å². The van der Waals surface area contributed by atoms with Gasteiger partial charge in [0.1, 0.15) is 5.75 Å². The molecule has 0 amide bonds. The Balaban J connectivity index is 2.26. The Kier molecular flexibility index (Phi) is 3.17. The van der Waals surface area contributed by atoms with Crippen molar-refractivity contribution in [1.82, 2.24) is 0 Å². The fourth-order valence-electron chi connectivity index (χ4n) is 1.94. The van der Waals surface area contributed by atoms with Crippen LogP contribution < -0.4 is 4.74 Å². The van der Waals surface area contributed by atoms with E-state index in [1.165, 1.54) is 5.56 Å². The zero-order chi connectivity index (χ0) is 10.7.